The molecule has 228 valence electrons. The zero-order chi connectivity index (χ0) is 30.5. The molecule has 2 saturated heterocycles. The molecule has 9 N–H and O–H groups in total. The van der Waals surface area contributed by atoms with Gasteiger partial charge in [0.1, 0.15) is 64.8 Å². The lowest BCUT2D eigenvalue weighted by atomic mass is 9.97. The molecule has 2 aromatic carbocycles. The van der Waals surface area contributed by atoms with Crippen LogP contribution in [0, 0.1) is 0 Å². The van der Waals surface area contributed by atoms with Crippen molar-refractivity contribution in [3.05, 3.63) is 46.6 Å². The van der Waals surface area contributed by atoms with Crippen molar-refractivity contribution in [1.29, 1.82) is 0 Å². The number of fused-ring (bicyclic) bond motifs is 1. The second kappa shape index (κ2) is 11.6. The number of phenols is 3. The minimum absolute atomic E-state index is 0.108. The summed E-state index contributed by atoms with van der Waals surface area (Å²) in [5.41, 5.74) is -1.11. The number of rotatable bonds is 6. The van der Waals surface area contributed by atoms with Crippen LogP contribution in [0.1, 0.15) is 6.92 Å². The molecule has 15 heteroatoms. The van der Waals surface area contributed by atoms with Crippen LogP contribution < -0.4 is 10.2 Å². The van der Waals surface area contributed by atoms with Crippen LogP contribution in [-0.2, 0) is 14.2 Å². The fourth-order valence-corrected chi connectivity index (χ4v) is 4.91. The number of benzene rings is 2. The van der Waals surface area contributed by atoms with E-state index in [9.17, 15) is 50.8 Å². The Labute approximate surface area is 236 Å². The van der Waals surface area contributed by atoms with Crippen molar-refractivity contribution >= 4 is 11.0 Å². The highest BCUT2D eigenvalue weighted by Gasteiger charge is 2.51. The number of hydrogen-bond donors (Lipinski definition) is 9. The summed E-state index contributed by atoms with van der Waals surface area (Å²) in [6, 6.07) is 7.42. The van der Waals surface area contributed by atoms with E-state index in [2.05, 4.69) is 0 Å². The molecular weight excluding hydrogens is 564 g/mol. The Balaban J connectivity index is 1.61. The van der Waals surface area contributed by atoms with Gasteiger partial charge >= 0.3 is 0 Å². The second-order valence-electron chi connectivity index (χ2n) is 10.1. The first kappa shape index (κ1) is 30.0. The highest BCUT2D eigenvalue weighted by atomic mass is 16.8. The second-order valence-corrected chi connectivity index (χ2v) is 10.1. The van der Waals surface area contributed by atoms with Crippen molar-refractivity contribution in [2.45, 2.75) is 68.3 Å². The number of phenolic OH excluding ortho intramolecular Hbond substituents is 3. The maximum Gasteiger partial charge on any atom is 0.239 e. The quantitative estimate of drug-likeness (QED) is 0.159. The Hall–Kier alpha value is -3.51. The van der Waals surface area contributed by atoms with Gasteiger partial charge in [-0.1, -0.05) is 12.1 Å². The van der Waals surface area contributed by atoms with E-state index in [1.165, 1.54) is 31.2 Å². The predicted molar refractivity (Wildman–Crippen MR) is 139 cm³/mol. The molecule has 0 radical (unpaired) electrons. The molecule has 5 rings (SSSR count). The topological polar surface area (TPSA) is 249 Å². The van der Waals surface area contributed by atoms with E-state index in [0.717, 1.165) is 12.1 Å². The molecule has 0 amide bonds. The fraction of sp³-hybridized carbons (Fsp3) is 0.444. The van der Waals surface area contributed by atoms with Crippen molar-refractivity contribution in [2.75, 3.05) is 6.61 Å². The van der Waals surface area contributed by atoms with Gasteiger partial charge < -0.3 is 69.3 Å². The largest absolute Gasteiger partial charge is 0.508 e. The van der Waals surface area contributed by atoms with E-state index in [1.807, 2.05) is 0 Å². The number of aliphatic hydroxyl groups is 6. The monoisotopic (exact) mass is 594 g/mol. The normalized spacial score (nSPS) is 33.5. The van der Waals surface area contributed by atoms with Gasteiger partial charge in [-0.25, -0.2) is 0 Å². The van der Waals surface area contributed by atoms with E-state index < -0.39 is 96.1 Å². The molecule has 15 nitrogen and oxygen atoms in total. The Kier molecular flexibility index (Phi) is 8.30. The lowest BCUT2D eigenvalue weighted by Crippen LogP contribution is -2.64. The summed E-state index contributed by atoms with van der Waals surface area (Å²) in [4.78, 5) is 13.7. The van der Waals surface area contributed by atoms with Gasteiger partial charge in [-0.2, -0.15) is 0 Å². The van der Waals surface area contributed by atoms with E-state index in [1.54, 1.807) is 0 Å². The first-order valence-corrected chi connectivity index (χ1v) is 12.9. The van der Waals surface area contributed by atoms with Gasteiger partial charge in [0.15, 0.2) is 18.2 Å². The molecule has 10 atom stereocenters. The lowest BCUT2D eigenvalue weighted by Gasteiger charge is -2.45. The highest BCUT2D eigenvalue weighted by molar-refractivity contribution is 5.88. The molecule has 2 aliphatic heterocycles. The molecule has 2 aliphatic rings. The van der Waals surface area contributed by atoms with Crippen molar-refractivity contribution in [3.63, 3.8) is 0 Å². The Morgan fingerprint density at radius 3 is 2.26 bits per heavy atom. The van der Waals surface area contributed by atoms with Crippen molar-refractivity contribution in [1.82, 2.24) is 0 Å². The number of ether oxygens (including phenoxy) is 4. The maximum absolute atomic E-state index is 13.7. The average molecular weight is 595 g/mol. The molecule has 42 heavy (non-hydrogen) atoms. The Morgan fingerprint density at radius 2 is 1.57 bits per heavy atom. The highest BCUT2D eigenvalue weighted by Crippen LogP contribution is 2.38. The first-order valence-electron chi connectivity index (χ1n) is 12.9. The van der Waals surface area contributed by atoms with E-state index in [0.29, 0.717) is 0 Å². The predicted octanol–water partition coefficient (Wildman–Crippen LogP) is -1.39. The number of hydrogen-bond acceptors (Lipinski definition) is 15. The summed E-state index contributed by atoms with van der Waals surface area (Å²) in [6.45, 7) is 0.585. The van der Waals surface area contributed by atoms with Crippen LogP contribution >= 0.6 is 0 Å². The number of aromatic hydroxyl groups is 3. The van der Waals surface area contributed by atoms with Crippen LogP contribution in [0.25, 0.3) is 22.3 Å². The summed E-state index contributed by atoms with van der Waals surface area (Å²) < 4.78 is 28.4. The van der Waals surface area contributed by atoms with Gasteiger partial charge in [0.05, 0.1) is 12.7 Å². The zero-order valence-electron chi connectivity index (χ0n) is 21.9. The summed E-state index contributed by atoms with van der Waals surface area (Å²) in [5.74, 6) is -2.22. The van der Waals surface area contributed by atoms with Crippen molar-refractivity contribution in [2.24, 2.45) is 0 Å². The molecule has 3 aromatic rings. The third-order valence-corrected chi connectivity index (χ3v) is 7.18. The van der Waals surface area contributed by atoms with Crippen LogP contribution in [-0.4, -0.2) is 114 Å². The van der Waals surface area contributed by atoms with Gasteiger partial charge in [0.25, 0.3) is 0 Å². The maximum atomic E-state index is 13.7. The first-order chi connectivity index (χ1) is 19.9. The van der Waals surface area contributed by atoms with Crippen LogP contribution in [0.15, 0.2) is 45.6 Å². The molecule has 0 aliphatic carbocycles. The molecule has 1 aromatic heterocycles. The van der Waals surface area contributed by atoms with Gasteiger partial charge in [-0.3, -0.25) is 4.79 Å². The average Bonchev–Trinajstić information content (AvgIpc) is 2.94. The minimum Gasteiger partial charge on any atom is -0.508 e. The van der Waals surface area contributed by atoms with Gasteiger partial charge in [0, 0.05) is 17.7 Å². The van der Waals surface area contributed by atoms with Gasteiger partial charge in [-0.05, 0) is 19.1 Å². The Morgan fingerprint density at radius 1 is 0.833 bits per heavy atom. The van der Waals surface area contributed by atoms with Crippen LogP contribution in [0.4, 0.5) is 0 Å². The summed E-state index contributed by atoms with van der Waals surface area (Å²) in [6.07, 6.45) is -16.4. The third-order valence-electron chi connectivity index (χ3n) is 7.18. The van der Waals surface area contributed by atoms with Crippen LogP contribution in [0.5, 0.6) is 23.0 Å². The zero-order valence-corrected chi connectivity index (χ0v) is 21.9. The van der Waals surface area contributed by atoms with E-state index in [4.69, 9.17) is 23.4 Å². The molecule has 0 unspecified atom stereocenters. The van der Waals surface area contributed by atoms with Crippen LogP contribution in [0.3, 0.4) is 0 Å². The molecule has 0 spiro atoms. The molecule has 2 fully saturated rings. The van der Waals surface area contributed by atoms with E-state index in [-0.39, 0.29) is 22.7 Å². The SMILES string of the molecule is C[C@@H]1O[C@@H](O[C@H]2[C@H](Oc3c(-c4cccc(O)c4)oc4cc(O)cc(O)c4c3=O)O[C@H](CO)[C@@H](O)[C@@H]2O)[C@H](O)[C@H](O)[C@H]1O. The molecule has 0 bridgehead atoms. The minimum atomic E-state index is -1.88. The smallest absolute Gasteiger partial charge is 0.239 e. The summed E-state index contributed by atoms with van der Waals surface area (Å²) >= 11 is 0. The molecule has 0 saturated carbocycles. The van der Waals surface area contributed by atoms with Crippen molar-refractivity contribution in [3.8, 4) is 34.3 Å². The number of aliphatic hydroxyl groups excluding tert-OH is 6. The standard InChI is InChI=1S/C27H30O15/c1-9-17(32)20(35)22(37)26(38-9)42-25-21(36)18(33)15(8-28)40-27(25)41-24-19(34)16-13(31)6-12(30)7-14(16)39-23(24)10-3-2-4-11(29)5-10/h2-7,9,15,17-18,20-22,25-33,35-37H,8H2,1H3/t9-,15+,17-,18+,20+,21-,22+,25+,26-,27-/m0/s1. The third kappa shape index (κ3) is 5.37. The summed E-state index contributed by atoms with van der Waals surface area (Å²) in [7, 11) is 0. The summed E-state index contributed by atoms with van der Waals surface area (Å²) in [5, 5.41) is 91.9. The lowest BCUT2D eigenvalue weighted by molar-refractivity contribution is -0.354. The van der Waals surface area contributed by atoms with Gasteiger partial charge in [0.2, 0.25) is 17.5 Å². The van der Waals surface area contributed by atoms with E-state index >= 15 is 0 Å². The van der Waals surface area contributed by atoms with Crippen LogP contribution in [0.2, 0.25) is 0 Å². The fourth-order valence-electron chi connectivity index (χ4n) is 4.91. The Bertz CT molecular complexity index is 1490. The van der Waals surface area contributed by atoms with Gasteiger partial charge in [-0.15, -0.1) is 0 Å². The molecular formula is C27H30O15. The molecule has 3 heterocycles. The van der Waals surface area contributed by atoms with Crippen molar-refractivity contribution < 1.29 is 69.3 Å².